The summed E-state index contributed by atoms with van der Waals surface area (Å²) in [5.74, 6) is -1.02. The lowest BCUT2D eigenvalue weighted by atomic mass is 10.1. The molecule has 0 radical (unpaired) electrons. The number of nitrogens with one attached hydrogen (secondary N) is 1. The van der Waals surface area contributed by atoms with Crippen LogP contribution in [0, 0.1) is 3.57 Å². The van der Waals surface area contributed by atoms with Gasteiger partial charge in [-0.15, -0.1) is 0 Å². The van der Waals surface area contributed by atoms with Gasteiger partial charge in [-0.3, -0.25) is 0 Å². The maximum atomic E-state index is 10.8. The number of aromatic carboxylic acids is 1. The van der Waals surface area contributed by atoms with Crippen LogP contribution in [0.4, 0.5) is 17.1 Å². The van der Waals surface area contributed by atoms with Gasteiger partial charge in [0.2, 0.25) is 0 Å². The molecule has 0 saturated carbocycles. The minimum absolute atomic E-state index is 0.114. The molecular weight excluding hydrogens is 343 g/mol. The van der Waals surface area contributed by atoms with Crippen molar-refractivity contribution >= 4 is 45.6 Å². The summed E-state index contributed by atoms with van der Waals surface area (Å²) in [5.41, 5.74) is 7.73. The molecule has 0 aliphatic carbocycles. The van der Waals surface area contributed by atoms with E-state index in [-0.39, 0.29) is 11.3 Å². The van der Waals surface area contributed by atoms with Gasteiger partial charge in [-0.2, -0.15) is 0 Å². The Kier molecular flexibility index (Phi) is 3.71. The Labute approximate surface area is 118 Å². The summed E-state index contributed by atoms with van der Waals surface area (Å²) in [6.45, 7) is 0. The van der Waals surface area contributed by atoms with Crippen LogP contribution in [-0.2, 0) is 0 Å². The monoisotopic (exact) mass is 354 g/mol. The van der Waals surface area contributed by atoms with Crippen LogP contribution in [0.25, 0.3) is 0 Å². The molecule has 0 amide bonds. The number of benzene rings is 2. The predicted octanol–water partition coefficient (Wildman–Crippen LogP) is 3.32. The molecule has 0 aromatic heterocycles. The average Bonchev–Trinajstić information content (AvgIpc) is 2.32. The average molecular weight is 354 g/mol. The molecule has 0 heterocycles. The SMILES string of the molecule is Nc1cc(Nc2ccc(I)cc2)ccc1C(=O)O. The van der Waals surface area contributed by atoms with Crippen molar-refractivity contribution in [2.24, 2.45) is 0 Å². The summed E-state index contributed by atoms with van der Waals surface area (Å²) in [5, 5.41) is 12.0. The molecule has 2 aromatic rings. The van der Waals surface area contributed by atoms with E-state index in [9.17, 15) is 4.79 Å². The summed E-state index contributed by atoms with van der Waals surface area (Å²) >= 11 is 2.23. The number of halogens is 1. The van der Waals surface area contributed by atoms with E-state index in [1.165, 1.54) is 6.07 Å². The first-order valence-corrected chi connectivity index (χ1v) is 6.29. The molecule has 0 saturated heterocycles. The fourth-order valence-electron chi connectivity index (χ4n) is 1.54. The van der Waals surface area contributed by atoms with E-state index in [4.69, 9.17) is 10.8 Å². The topological polar surface area (TPSA) is 75.3 Å². The third-order valence-electron chi connectivity index (χ3n) is 2.41. The van der Waals surface area contributed by atoms with Crippen molar-refractivity contribution in [3.05, 3.63) is 51.6 Å². The van der Waals surface area contributed by atoms with Gasteiger partial charge in [0.15, 0.2) is 0 Å². The molecule has 5 heteroatoms. The van der Waals surface area contributed by atoms with Crippen molar-refractivity contribution in [2.45, 2.75) is 0 Å². The number of hydrogen-bond acceptors (Lipinski definition) is 3. The number of nitrogens with two attached hydrogens (primary N) is 1. The van der Waals surface area contributed by atoms with Gasteiger partial charge in [0.05, 0.1) is 5.56 Å². The van der Waals surface area contributed by atoms with Gasteiger partial charge >= 0.3 is 5.97 Å². The molecule has 92 valence electrons. The third-order valence-corrected chi connectivity index (χ3v) is 3.13. The lowest BCUT2D eigenvalue weighted by molar-refractivity contribution is 0.0698. The zero-order valence-corrected chi connectivity index (χ0v) is 11.5. The van der Waals surface area contributed by atoms with Crippen LogP contribution >= 0.6 is 22.6 Å². The van der Waals surface area contributed by atoms with Crippen molar-refractivity contribution in [1.29, 1.82) is 0 Å². The van der Waals surface area contributed by atoms with Gasteiger partial charge in [0.1, 0.15) is 0 Å². The van der Waals surface area contributed by atoms with E-state index in [2.05, 4.69) is 27.9 Å². The Morgan fingerprint density at radius 3 is 2.28 bits per heavy atom. The quantitative estimate of drug-likeness (QED) is 0.584. The first kappa shape index (κ1) is 12.7. The summed E-state index contributed by atoms with van der Waals surface area (Å²) < 4.78 is 1.15. The van der Waals surface area contributed by atoms with E-state index in [0.717, 1.165) is 14.9 Å². The molecule has 0 atom stereocenters. The first-order valence-electron chi connectivity index (χ1n) is 5.21. The van der Waals surface area contributed by atoms with Crippen LogP contribution < -0.4 is 11.1 Å². The Hall–Kier alpha value is -1.76. The van der Waals surface area contributed by atoms with Crippen molar-refractivity contribution < 1.29 is 9.90 Å². The standard InChI is InChI=1S/C13H11IN2O2/c14-8-1-3-9(4-2-8)16-10-5-6-11(13(17)18)12(15)7-10/h1-7,16H,15H2,(H,17,18). The maximum absolute atomic E-state index is 10.8. The molecule has 0 spiro atoms. The molecule has 0 aliphatic rings. The van der Waals surface area contributed by atoms with Crippen LogP contribution in [0.5, 0.6) is 0 Å². The van der Waals surface area contributed by atoms with Crippen molar-refractivity contribution in [2.75, 3.05) is 11.1 Å². The van der Waals surface area contributed by atoms with Gasteiger partial charge in [-0.1, -0.05) is 0 Å². The van der Waals surface area contributed by atoms with Gasteiger partial charge in [-0.05, 0) is 65.1 Å². The summed E-state index contributed by atoms with van der Waals surface area (Å²) in [4.78, 5) is 10.8. The highest BCUT2D eigenvalue weighted by Crippen LogP contribution is 2.22. The van der Waals surface area contributed by atoms with Crippen LogP contribution in [0.2, 0.25) is 0 Å². The van der Waals surface area contributed by atoms with Crippen LogP contribution in [0.1, 0.15) is 10.4 Å². The van der Waals surface area contributed by atoms with Crippen LogP contribution in [0.3, 0.4) is 0 Å². The number of carboxylic acids is 1. The first-order chi connectivity index (χ1) is 8.56. The molecule has 0 aliphatic heterocycles. The molecule has 4 nitrogen and oxygen atoms in total. The molecule has 0 bridgehead atoms. The van der Waals surface area contributed by atoms with E-state index in [0.29, 0.717) is 0 Å². The smallest absolute Gasteiger partial charge is 0.337 e. The van der Waals surface area contributed by atoms with Crippen molar-refractivity contribution in [3.63, 3.8) is 0 Å². The Morgan fingerprint density at radius 2 is 1.72 bits per heavy atom. The zero-order chi connectivity index (χ0) is 13.1. The minimum Gasteiger partial charge on any atom is -0.478 e. The molecule has 0 unspecified atom stereocenters. The van der Waals surface area contributed by atoms with Crippen LogP contribution in [-0.4, -0.2) is 11.1 Å². The van der Waals surface area contributed by atoms with Gasteiger partial charge in [-0.25, -0.2) is 4.79 Å². The highest BCUT2D eigenvalue weighted by atomic mass is 127. The summed E-state index contributed by atoms with van der Waals surface area (Å²) in [7, 11) is 0. The third kappa shape index (κ3) is 2.92. The van der Waals surface area contributed by atoms with Crippen molar-refractivity contribution in [3.8, 4) is 0 Å². The predicted molar refractivity (Wildman–Crippen MR) is 80.3 cm³/mol. The largest absolute Gasteiger partial charge is 0.478 e. The molecular formula is C13H11IN2O2. The van der Waals surface area contributed by atoms with Gasteiger partial charge in [0, 0.05) is 20.6 Å². The summed E-state index contributed by atoms with van der Waals surface area (Å²) in [6, 6.07) is 12.7. The van der Waals surface area contributed by atoms with Gasteiger partial charge < -0.3 is 16.2 Å². The number of carbonyl (C=O) groups is 1. The fraction of sp³-hybridized carbons (Fsp3) is 0. The number of nitrogen functional groups attached to an aromatic ring is 1. The lowest BCUT2D eigenvalue weighted by Gasteiger charge is -2.08. The van der Waals surface area contributed by atoms with E-state index in [1.807, 2.05) is 24.3 Å². The number of anilines is 3. The van der Waals surface area contributed by atoms with E-state index >= 15 is 0 Å². The highest BCUT2D eigenvalue weighted by molar-refractivity contribution is 14.1. The molecule has 18 heavy (non-hydrogen) atoms. The Bertz CT molecular complexity index is 582. The normalized spacial score (nSPS) is 10.1. The van der Waals surface area contributed by atoms with Gasteiger partial charge in [0.25, 0.3) is 0 Å². The number of rotatable bonds is 3. The van der Waals surface area contributed by atoms with E-state index < -0.39 is 5.97 Å². The summed E-state index contributed by atoms with van der Waals surface area (Å²) in [6.07, 6.45) is 0. The number of hydrogen-bond donors (Lipinski definition) is 3. The zero-order valence-electron chi connectivity index (χ0n) is 9.35. The molecule has 0 fully saturated rings. The fourth-order valence-corrected chi connectivity index (χ4v) is 1.89. The molecule has 2 aromatic carbocycles. The molecule has 4 N–H and O–H groups in total. The maximum Gasteiger partial charge on any atom is 0.337 e. The van der Waals surface area contributed by atoms with Crippen LogP contribution in [0.15, 0.2) is 42.5 Å². The second kappa shape index (κ2) is 5.26. The Morgan fingerprint density at radius 1 is 1.11 bits per heavy atom. The molecule has 2 rings (SSSR count). The second-order valence-electron chi connectivity index (χ2n) is 3.74. The minimum atomic E-state index is -1.02. The lowest BCUT2D eigenvalue weighted by Crippen LogP contribution is -2.02. The Balaban J connectivity index is 2.22. The highest BCUT2D eigenvalue weighted by Gasteiger charge is 2.07. The second-order valence-corrected chi connectivity index (χ2v) is 4.98. The number of carboxylic acid groups (broad SMARTS) is 1. The van der Waals surface area contributed by atoms with E-state index in [1.54, 1.807) is 12.1 Å². The van der Waals surface area contributed by atoms with Crippen molar-refractivity contribution in [1.82, 2.24) is 0 Å².